The van der Waals surface area contributed by atoms with Crippen LogP contribution < -0.4 is 20.3 Å². The van der Waals surface area contributed by atoms with Crippen LogP contribution in [0.25, 0.3) is 27.8 Å². The first-order valence-electron chi connectivity index (χ1n) is 18.8. The third-order valence-corrected chi connectivity index (χ3v) is 11.1. The second-order valence-corrected chi connectivity index (χ2v) is 15.6. The number of aromatic nitrogens is 8. The van der Waals surface area contributed by atoms with Gasteiger partial charge >= 0.3 is 0 Å². The summed E-state index contributed by atoms with van der Waals surface area (Å²) in [4.78, 5) is 36.1. The lowest BCUT2D eigenvalue weighted by Gasteiger charge is -2.36. The van der Waals surface area contributed by atoms with Crippen molar-refractivity contribution in [1.82, 2.24) is 44.9 Å². The fraction of sp³-hybridized carbons (Fsp3) is 0.293. The number of rotatable bonds is 15. The zero-order valence-electron chi connectivity index (χ0n) is 31.9. The number of fused-ring (bicyclic) bond motifs is 2. The van der Waals surface area contributed by atoms with Gasteiger partial charge in [0.05, 0.1) is 23.5 Å². The number of hydrogen-bond donors (Lipinski definition) is 3. The van der Waals surface area contributed by atoms with Crippen LogP contribution in [0.2, 0.25) is 0 Å². The number of nitrogens with zero attached hydrogens (tertiary/aromatic N) is 8. The zero-order chi connectivity index (χ0) is 39.6. The molecule has 3 aromatic carbocycles. The predicted molar refractivity (Wildman–Crippen MR) is 216 cm³/mol. The number of carbonyl (C=O) groups is 2. The molecule has 8 rings (SSSR count). The molecule has 7 aromatic rings. The maximum atomic E-state index is 15.5. The van der Waals surface area contributed by atoms with Gasteiger partial charge in [0.2, 0.25) is 23.9 Å². The van der Waals surface area contributed by atoms with Gasteiger partial charge in [-0.1, -0.05) is 30.0 Å². The molecule has 0 unspecified atom stereocenters. The molecule has 1 saturated carbocycles. The van der Waals surface area contributed by atoms with E-state index >= 15 is 4.39 Å². The van der Waals surface area contributed by atoms with Crippen LogP contribution in [-0.4, -0.2) is 71.6 Å². The number of anilines is 3. The van der Waals surface area contributed by atoms with E-state index in [2.05, 4.69) is 71.3 Å². The Labute approximate surface area is 332 Å². The van der Waals surface area contributed by atoms with Crippen LogP contribution in [0.5, 0.6) is 5.75 Å². The Hall–Kier alpha value is -6.29. The van der Waals surface area contributed by atoms with Crippen molar-refractivity contribution < 1.29 is 18.7 Å². The van der Waals surface area contributed by atoms with Crippen molar-refractivity contribution in [2.75, 3.05) is 23.8 Å². The Kier molecular flexibility index (Phi) is 10.6. The first-order chi connectivity index (χ1) is 27.6. The van der Waals surface area contributed by atoms with Crippen molar-refractivity contribution in [2.24, 2.45) is 13.0 Å². The lowest BCUT2D eigenvalue weighted by atomic mass is 9.69. The monoisotopic (exact) mass is 787 g/mol. The summed E-state index contributed by atoms with van der Waals surface area (Å²) in [6.07, 6.45) is 8.85. The lowest BCUT2D eigenvalue weighted by molar-refractivity contribution is -0.120. The van der Waals surface area contributed by atoms with Gasteiger partial charge in [0.25, 0.3) is 0 Å². The molecule has 16 heteroatoms. The highest BCUT2D eigenvalue weighted by molar-refractivity contribution is 7.99. The van der Waals surface area contributed by atoms with E-state index in [0.717, 1.165) is 51.9 Å². The molecule has 292 valence electrons. The molecule has 0 spiro atoms. The normalized spacial score (nSPS) is 15.2. The summed E-state index contributed by atoms with van der Waals surface area (Å²) in [6.45, 7) is 4.10. The molecule has 0 radical (unpaired) electrons. The van der Waals surface area contributed by atoms with Crippen LogP contribution in [0.15, 0.2) is 89.2 Å². The quantitative estimate of drug-likeness (QED) is 0.0919. The number of nitrogens with one attached hydrogen (secondary N) is 3. The van der Waals surface area contributed by atoms with Gasteiger partial charge in [-0.15, -0.1) is 5.10 Å². The van der Waals surface area contributed by atoms with E-state index in [-0.39, 0.29) is 36.6 Å². The largest absolute Gasteiger partial charge is 0.485 e. The molecule has 0 atom stereocenters. The van der Waals surface area contributed by atoms with Crippen molar-refractivity contribution in [1.29, 1.82) is 0 Å². The minimum absolute atomic E-state index is 0.129. The number of aryl methyl sites for hydroxylation is 1. The molecule has 0 bridgehead atoms. The van der Waals surface area contributed by atoms with Crippen molar-refractivity contribution in [3.05, 3.63) is 96.3 Å². The van der Waals surface area contributed by atoms with E-state index in [0.29, 0.717) is 34.7 Å². The number of carbonyl (C=O) groups excluding carboxylic acids is 2. The number of aromatic amines is 1. The summed E-state index contributed by atoms with van der Waals surface area (Å²) in [6, 6.07) is 19.9. The Morgan fingerprint density at radius 1 is 1.12 bits per heavy atom. The Balaban J connectivity index is 0.889. The van der Waals surface area contributed by atoms with Crippen LogP contribution in [0.3, 0.4) is 0 Å². The molecule has 4 aromatic heterocycles. The lowest BCUT2D eigenvalue weighted by Crippen LogP contribution is -2.28. The third kappa shape index (κ3) is 8.03. The highest BCUT2D eigenvalue weighted by Crippen LogP contribution is 2.45. The van der Waals surface area contributed by atoms with E-state index < -0.39 is 5.82 Å². The van der Waals surface area contributed by atoms with E-state index in [4.69, 9.17) is 4.74 Å². The second-order valence-electron chi connectivity index (χ2n) is 14.5. The van der Waals surface area contributed by atoms with Gasteiger partial charge in [0.15, 0.2) is 11.6 Å². The van der Waals surface area contributed by atoms with E-state index in [1.54, 1.807) is 36.5 Å². The van der Waals surface area contributed by atoms with Gasteiger partial charge in [-0.3, -0.25) is 24.3 Å². The number of H-pyrrole nitrogens is 1. The molecule has 4 heterocycles. The maximum Gasteiger partial charge on any atom is 0.247 e. The number of benzene rings is 3. The van der Waals surface area contributed by atoms with Crippen LogP contribution in [0.4, 0.5) is 21.8 Å². The minimum Gasteiger partial charge on any atom is -0.485 e. The maximum absolute atomic E-state index is 15.5. The number of ether oxygens (including phenoxy) is 1. The van der Waals surface area contributed by atoms with Crippen LogP contribution >= 0.6 is 11.8 Å². The van der Waals surface area contributed by atoms with Gasteiger partial charge in [-0.2, -0.15) is 19.7 Å². The van der Waals surface area contributed by atoms with E-state index in [1.807, 2.05) is 39.1 Å². The molecule has 3 N–H and O–H groups in total. The molecule has 14 nitrogen and oxygen atoms in total. The summed E-state index contributed by atoms with van der Waals surface area (Å²) in [7, 11) is 3.46. The SMILES string of the molecule is CNC(=O)CCN(C=O)c1nn(C)c2cc(C3CC(Cc4cccc(Sc5ccc(Nc6nc7c(OC(C)C)c(-c8cn[nH]c8)ncn7n6)c(F)c5)c4)C3)ccc12. The second kappa shape index (κ2) is 16.1. The van der Waals surface area contributed by atoms with Crippen molar-refractivity contribution >= 4 is 58.1 Å². The van der Waals surface area contributed by atoms with Crippen molar-refractivity contribution in [3.63, 3.8) is 0 Å². The van der Waals surface area contributed by atoms with Crippen LogP contribution in [0, 0.1) is 11.7 Å². The van der Waals surface area contributed by atoms with Gasteiger partial charge in [-0.05, 0) is 98.5 Å². The van der Waals surface area contributed by atoms with E-state index in [9.17, 15) is 9.59 Å². The predicted octanol–water partition coefficient (Wildman–Crippen LogP) is 7.06. The minimum atomic E-state index is -0.422. The van der Waals surface area contributed by atoms with Crippen molar-refractivity contribution in [3.8, 4) is 17.0 Å². The topological polar surface area (TPSA) is 160 Å². The molecular weight excluding hydrogens is 746 g/mol. The first-order valence-corrected chi connectivity index (χ1v) is 19.6. The number of halogens is 1. The van der Waals surface area contributed by atoms with E-state index in [1.165, 1.54) is 38.4 Å². The Bertz CT molecular complexity index is 2560. The van der Waals surface area contributed by atoms with Gasteiger partial charge in [0, 0.05) is 54.0 Å². The smallest absolute Gasteiger partial charge is 0.247 e. The molecule has 1 aliphatic rings. The Morgan fingerprint density at radius 2 is 1.96 bits per heavy atom. The molecule has 0 aliphatic heterocycles. The fourth-order valence-corrected chi connectivity index (χ4v) is 8.18. The van der Waals surface area contributed by atoms with Gasteiger partial charge < -0.3 is 15.4 Å². The zero-order valence-corrected chi connectivity index (χ0v) is 32.8. The van der Waals surface area contributed by atoms with Crippen LogP contribution in [0.1, 0.15) is 50.2 Å². The molecule has 57 heavy (non-hydrogen) atoms. The summed E-state index contributed by atoms with van der Waals surface area (Å²) in [5.41, 5.74) is 5.50. The summed E-state index contributed by atoms with van der Waals surface area (Å²) in [5, 5.41) is 22.4. The average Bonchev–Trinajstić information content (AvgIpc) is 3.94. The summed E-state index contributed by atoms with van der Waals surface area (Å²) in [5.74, 6) is 1.68. The fourth-order valence-electron chi connectivity index (χ4n) is 7.26. The average molecular weight is 788 g/mol. The highest BCUT2D eigenvalue weighted by atomic mass is 32.2. The third-order valence-electron chi connectivity index (χ3n) is 10.1. The molecule has 1 aliphatic carbocycles. The van der Waals surface area contributed by atoms with Crippen LogP contribution in [-0.2, 0) is 23.1 Å². The number of hydrogen-bond acceptors (Lipinski definition) is 10. The van der Waals surface area contributed by atoms with Gasteiger partial charge in [0.1, 0.15) is 17.8 Å². The molecular formula is C41H42FN11O3S. The summed E-state index contributed by atoms with van der Waals surface area (Å²) < 4.78 is 24.9. The standard InChI is InChI=1S/C41H42FN11O3S/c1-24(2)56-38-37(29-20-45-46-21-29)44-22-53-40(38)48-41(50-53)47-34-11-9-31(19-33(34)42)57-30-7-5-6-25(17-30)14-26-15-28(16-26)27-8-10-32-35(18-27)51(4)49-39(32)52(23-54)13-12-36(55)43-3/h5-11,17-24,26,28H,12-16H2,1-4H3,(H,43,55)(H,45,46)(H,47,50). The summed E-state index contributed by atoms with van der Waals surface area (Å²) >= 11 is 1.52. The number of amides is 2. The molecule has 2 amide bonds. The molecule has 0 saturated heterocycles. The van der Waals surface area contributed by atoms with Gasteiger partial charge in [-0.25, -0.2) is 9.37 Å². The highest BCUT2D eigenvalue weighted by Gasteiger charge is 2.31. The Morgan fingerprint density at radius 3 is 2.72 bits per heavy atom. The molecule has 1 fully saturated rings. The van der Waals surface area contributed by atoms with Crippen molar-refractivity contribution in [2.45, 2.75) is 61.3 Å². The first kappa shape index (κ1) is 37.6.